The second kappa shape index (κ2) is 8.76. The minimum Gasteiger partial charge on any atom is -0.444 e. The number of aryl methyl sites for hydroxylation is 1. The third kappa shape index (κ3) is 4.52. The van der Waals surface area contributed by atoms with E-state index < -0.39 is 17.2 Å². The molecule has 36 heavy (non-hydrogen) atoms. The molecule has 0 saturated carbocycles. The van der Waals surface area contributed by atoms with Crippen molar-refractivity contribution in [2.75, 3.05) is 18.5 Å². The Morgan fingerprint density at radius 1 is 1.17 bits per heavy atom. The van der Waals surface area contributed by atoms with Gasteiger partial charge in [-0.3, -0.25) is 9.20 Å². The summed E-state index contributed by atoms with van der Waals surface area (Å²) in [6.45, 7) is 7.60. The van der Waals surface area contributed by atoms with Gasteiger partial charge in [-0.05, 0) is 51.5 Å². The van der Waals surface area contributed by atoms with Crippen molar-refractivity contribution in [2.24, 2.45) is 0 Å². The Labute approximate surface area is 206 Å². The Morgan fingerprint density at radius 2 is 1.97 bits per heavy atom. The minimum absolute atomic E-state index is 0.183. The summed E-state index contributed by atoms with van der Waals surface area (Å²) in [7, 11) is 0. The zero-order chi connectivity index (χ0) is 25.5. The van der Waals surface area contributed by atoms with Crippen LogP contribution in [0.4, 0.5) is 10.5 Å². The quantitative estimate of drug-likeness (QED) is 0.433. The molecule has 0 aliphatic carbocycles. The first-order chi connectivity index (χ1) is 17.1. The molecule has 5 rings (SSSR count). The van der Waals surface area contributed by atoms with Crippen molar-refractivity contribution in [1.29, 1.82) is 0 Å². The van der Waals surface area contributed by atoms with Gasteiger partial charge in [0.15, 0.2) is 5.54 Å². The van der Waals surface area contributed by atoms with Crippen LogP contribution in [0, 0.1) is 6.92 Å². The van der Waals surface area contributed by atoms with Crippen LogP contribution in [0.3, 0.4) is 0 Å². The predicted molar refractivity (Wildman–Crippen MR) is 129 cm³/mol. The van der Waals surface area contributed by atoms with E-state index in [2.05, 4.69) is 25.8 Å². The number of fused-ring (bicyclic) bond motifs is 1. The second-order valence-corrected chi connectivity index (χ2v) is 9.68. The van der Waals surface area contributed by atoms with Crippen molar-refractivity contribution in [3.63, 3.8) is 0 Å². The first-order valence-corrected chi connectivity index (χ1v) is 11.4. The van der Waals surface area contributed by atoms with Crippen LogP contribution >= 0.6 is 0 Å². The molecule has 3 aromatic heterocycles. The molecule has 186 valence electrons. The van der Waals surface area contributed by atoms with Gasteiger partial charge in [0.2, 0.25) is 5.82 Å². The number of amides is 2. The van der Waals surface area contributed by atoms with Crippen molar-refractivity contribution in [2.45, 2.75) is 38.8 Å². The van der Waals surface area contributed by atoms with Gasteiger partial charge in [0.05, 0.1) is 19.4 Å². The number of carbonyl (C=O) groups is 2. The van der Waals surface area contributed by atoms with Crippen LogP contribution in [-0.2, 0) is 15.0 Å². The van der Waals surface area contributed by atoms with Crippen molar-refractivity contribution >= 4 is 23.3 Å². The summed E-state index contributed by atoms with van der Waals surface area (Å²) in [5.74, 6) is 0.231. The fourth-order valence-corrected chi connectivity index (χ4v) is 3.77. The maximum atomic E-state index is 13.0. The van der Waals surface area contributed by atoms with E-state index in [0.29, 0.717) is 28.4 Å². The van der Waals surface area contributed by atoms with Gasteiger partial charge in [-0.1, -0.05) is 23.4 Å². The maximum Gasteiger partial charge on any atom is 0.408 e. The van der Waals surface area contributed by atoms with Crippen molar-refractivity contribution in [3.8, 4) is 11.4 Å². The number of aromatic nitrogens is 4. The molecule has 11 nitrogen and oxygen atoms in total. The first-order valence-electron chi connectivity index (χ1n) is 11.4. The third-order valence-electron chi connectivity index (χ3n) is 5.67. The minimum atomic E-state index is -0.960. The van der Waals surface area contributed by atoms with Crippen molar-refractivity contribution in [3.05, 3.63) is 65.9 Å². The van der Waals surface area contributed by atoms with Crippen LogP contribution in [0.2, 0.25) is 0 Å². The number of benzene rings is 1. The van der Waals surface area contributed by atoms with Crippen LogP contribution in [0.25, 0.3) is 17.0 Å². The van der Waals surface area contributed by atoms with E-state index in [0.717, 1.165) is 5.56 Å². The molecule has 0 spiro atoms. The number of hydrogen-bond acceptors (Lipinski definition) is 8. The Balaban J connectivity index is 1.37. The molecule has 2 amide bonds. The summed E-state index contributed by atoms with van der Waals surface area (Å²) in [6.07, 6.45) is 2.72. The molecule has 4 aromatic rings. The van der Waals surface area contributed by atoms with Gasteiger partial charge in [-0.2, -0.15) is 4.98 Å². The van der Waals surface area contributed by atoms with Crippen LogP contribution in [0.5, 0.6) is 0 Å². The van der Waals surface area contributed by atoms with Crippen LogP contribution in [0.15, 0.2) is 53.3 Å². The lowest BCUT2D eigenvalue weighted by molar-refractivity contribution is -0.0933. The summed E-state index contributed by atoms with van der Waals surface area (Å²) in [4.78, 5) is 34.1. The predicted octanol–water partition coefficient (Wildman–Crippen LogP) is 3.70. The average Bonchev–Trinajstić information content (AvgIpc) is 3.44. The Hall–Kier alpha value is -4.25. The average molecular weight is 491 g/mol. The topological polar surface area (TPSA) is 133 Å². The van der Waals surface area contributed by atoms with Gasteiger partial charge in [0.1, 0.15) is 16.9 Å². The molecule has 2 N–H and O–H groups in total. The summed E-state index contributed by atoms with van der Waals surface area (Å²) in [6, 6.07) is 11.0. The maximum absolute atomic E-state index is 13.0. The van der Waals surface area contributed by atoms with Gasteiger partial charge in [0.25, 0.3) is 11.8 Å². The summed E-state index contributed by atoms with van der Waals surface area (Å²) >= 11 is 0. The molecule has 1 saturated heterocycles. The number of nitrogens with zero attached hydrogens (tertiary/aromatic N) is 4. The van der Waals surface area contributed by atoms with E-state index in [1.807, 2.05) is 37.3 Å². The molecular formula is C25H26N6O5. The number of pyridine rings is 1. The zero-order valence-electron chi connectivity index (χ0n) is 20.4. The van der Waals surface area contributed by atoms with Crippen LogP contribution in [-0.4, -0.2) is 50.3 Å². The molecule has 0 atom stereocenters. The van der Waals surface area contributed by atoms with Crippen molar-refractivity contribution < 1.29 is 23.6 Å². The summed E-state index contributed by atoms with van der Waals surface area (Å²) < 4.78 is 17.9. The number of nitrogens with one attached hydrogen (secondary N) is 2. The smallest absolute Gasteiger partial charge is 0.408 e. The van der Waals surface area contributed by atoms with E-state index >= 15 is 0 Å². The number of ether oxygens (including phenoxy) is 2. The van der Waals surface area contributed by atoms with E-state index in [1.54, 1.807) is 37.4 Å². The van der Waals surface area contributed by atoms with Gasteiger partial charge >= 0.3 is 6.09 Å². The highest BCUT2D eigenvalue weighted by molar-refractivity contribution is 6.04. The highest BCUT2D eigenvalue weighted by Gasteiger charge is 2.48. The first kappa shape index (κ1) is 23.5. The highest BCUT2D eigenvalue weighted by Crippen LogP contribution is 2.31. The zero-order valence-corrected chi connectivity index (χ0v) is 20.4. The highest BCUT2D eigenvalue weighted by atomic mass is 16.6. The molecule has 0 radical (unpaired) electrons. The molecule has 4 heterocycles. The molecule has 1 aromatic carbocycles. The SMILES string of the molecule is Cc1ccc(-c2noc(C3(NC(=O)OC(C)(C)C)COC3)n2)cc1NC(=O)c1cnc2ccccn12. The number of hydrogen-bond donors (Lipinski definition) is 2. The number of carbonyl (C=O) groups excluding carboxylic acids is 2. The van der Waals surface area contributed by atoms with Crippen molar-refractivity contribution in [1.82, 2.24) is 24.8 Å². The Morgan fingerprint density at radius 3 is 2.69 bits per heavy atom. The molecule has 0 unspecified atom stereocenters. The van der Waals surface area contributed by atoms with Crippen LogP contribution < -0.4 is 10.6 Å². The van der Waals surface area contributed by atoms with Gasteiger partial charge < -0.3 is 24.6 Å². The molecule has 1 fully saturated rings. The number of rotatable bonds is 5. The van der Waals surface area contributed by atoms with Gasteiger partial charge in [-0.15, -0.1) is 0 Å². The Kier molecular flexibility index (Phi) is 5.71. The molecule has 11 heteroatoms. The molecular weight excluding hydrogens is 464 g/mol. The number of imidazole rings is 1. The van der Waals surface area contributed by atoms with E-state index in [4.69, 9.17) is 14.0 Å². The summed E-state index contributed by atoms with van der Waals surface area (Å²) in [5.41, 5.74) is 1.58. The summed E-state index contributed by atoms with van der Waals surface area (Å²) in [5, 5.41) is 9.84. The lowest BCUT2D eigenvalue weighted by Crippen LogP contribution is -2.60. The number of alkyl carbamates (subject to hydrolysis) is 1. The lowest BCUT2D eigenvalue weighted by atomic mass is 9.97. The fourth-order valence-electron chi connectivity index (χ4n) is 3.77. The molecule has 1 aliphatic rings. The monoisotopic (exact) mass is 490 g/mol. The number of anilines is 1. The second-order valence-electron chi connectivity index (χ2n) is 9.68. The van der Waals surface area contributed by atoms with E-state index in [-0.39, 0.29) is 25.0 Å². The normalized spacial score (nSPS) is 14.8. The van der Waals surface area contributed by atoms with E-state index in [1.165, 1.54) is 6.20 Å². The molecule has 0 bridgehead atoms. The molecule has 1 aliphatic heterocycles. The van der Waals surface area contributed by atoms with E-state index in [9.17, 15) is 9.59 Å². The third-order valence-corrected chi connectivity index (χ3v) is 5.67. The van der Waals surface area contributed by atoms with Crippen LogP contribution in [0.1, 0.15) is 42.7 Å². The standard InChI is InChI=1S/C25H26N6O5/c1-15-8-9-16(11-17(15)27-21(32)18-12-26-19-7-5-6-10-31(18)19)20-28-22(36-30-20)25(13-34-14-25)29-23(33)35-24(2,3)4/h5-12H,13-14H2,1-4H3,(H,27,32)(H,29,33). The lowest BCUT2D eigenvalue weighted by Gasteiger charge is -2.38. The largest absolute Gasteiger partial charge is 0.444 e. The van der Waals surface area contributed by atoms with Gasteiger partial charge in [0, 0.05) is 17.4 Å². The Bertz CT molecular complexity index is 1450. The van der Waals surface area contributed by atoms with Gasteiger partial charge in [-0.25, -0.2) is 9.78 Å². The fraction of sp³-hybridized carbons (Fsp3) is 0.320.